The SMILES string of the molecule is CCCCCCCCOc1cc(OCCCCCCCC)c(C(=O)OC)cc1NC(=O)c1cc([N+](=O)[O-])c(OCCCCCCCC)cc1OCCCCCCCC. The fraction of sp³-hybridized carbons (Fsp3) is 0.702. The second-order valence-corrected chi connectivity index (χ2v) is 15.3. The van der Waals surface area contributed by atoms with Gasteiger partial charge in [-0.2, -0.15) is 0 Å². The first-order valence-electron chi connectivity index (χ1n) is 22.7. The molecule has 0 radical (unpaired) electrons. The Morgan fingerprint density at radius 2 is 0.862 bits per heavy atom. The normalized spacial score (nSPS) is 11.0. The molecule has 0 unspecified atom stereocenters. The summed E-state index contributed by atoms with van der Waals surface area (Å²) in [6.45, 7) is 10.2. The highest BCUT2D eigenvalue weighted by Crippen LogP contribution is 2.38. The summed E-state index contributed by atoms with van der Waals surface area (Å²) in [4.78, 5) is 39.2. The molecule has 0 aliphatic heterocycles. The van der Waals surface area contributed by atoms with Crippen molar-refractivity contribution in [2.75, 3.05) is 38.9 Å². The molecular weight excluding hydrogens is 737 g/mol. The number of anilines is 1. The average Bonchev–Trinajstić information content (AvgIpc) is 3.22. The lowest BCUT2D eigenvalue weighted by Crippen LogP contribution is -2.17. The highest BCUT2D eigenvalue weighted by Gasteiger charge is 2.26. The van der Waals surface area contributed by atoms with Crippen LogP contribution in [0.1, 0.15) is 203 Å². The van der Waals surface area contributed by atoms with Gasteiger partial charge < -0.3 is 29.0 Å². The molecule has 328 valence electrons. The van der Waals surface area contributed by atoms with Gasteiger partial charge in [0.1, 0.15) is 22.8 Å². The molecule has 2 aromatic carbocycles. The molecule has 0 spiro atoms. The van der Waals surface area contributed by atoms with Crippen molar-refractivity contribution in [2.45, 2.75) is 182 Å². The van der Waals surface area contributed by atoms with Crippen LogP contribution < -0.4 is 24.3 Å². The molecule has 0 aliphatic rings. The molecule has 0 aliphatic carbocycles. The van der Waals surface area contributed by atoms with Crippen LogP contribution in [0.15, 0.2) is 24.3 Å². The van der Waals surface area contributed by atoms with E-state index < -0.39 is 16.8 Å². The quantitative estimate of drug-likeness (QED) is 0.0309. The maximum Gasteiger partial charge on any atom is 0.341 e. The highest BCUT2D eigenvalue weighted by molar-refractivity contribution is 6.08. The van der Waals surface area contributed by atoms with E-state index in [1.165, 1.54) is 70.3 Å². The molecule has 1 amide bonds. The first-order chi connectivity index (χ1) is 28.3. The number of nitro benzene ring substituents is 1. The monoisotopic (exact) mass is 813 g/mol. The molecular formula is C47H76N2O9. The molecule has 1 N–H and O–H groups in total. The number of carbonyl (C=O) groups is 2. The number of benzene rings is 2. The number of esters is 1. The van der Waals surface area contributed by atoms with Crippen molar-refractivity contribution in [3.8, 4) is 23.0 Å². The zero-order valence-electron chi connectivity index (χ0n) is 36.7. The third kappa shape index (κ3) is 20.1. The smallest absolute Gasteiger partial charge is 0.341 e. The van der Waals surface area contributed by atoms with Crippen LogP contribution in [0.3, 0.4) is 0 Å². The van der Waals surface area contributed by atoms with Gasteiger partial charge in [0, 0.05) is 18.2 Å². The van der Waals surface area contributed by atoms with Gasteiger partial charge in [-0.25, -0.2) is 4.79 Å². The van der Waals surface area contributed by atoms with Gasteiger partial charge in [-0.05, 0) is 31.7 Å². The van der Waals surface area contributed by atoms with Gasteiger partial charge in [-0.3, -0.25) is 14.9 Å². The fourth-order valence-corrected chi connectivity index (χ4v) is 6.72. The standard InChI is InChI=1S/C47H76N2O9/c1-6-10-14-18-22-26-30-55-42-37-45(58-33-29-25-21-17-13-9-4)41(49(52)53)35-38(42)46(50)48-40-34-39(47(51)54-5)43(56-31-27-23-19-15-11-7-2)36-44(40)57-32-28-24-20-16-12-8-3/h34-37H,6-33H2,1-5H3,(H,48,50). The van der Waals surface area contributed by atoms with Gasteiger partial charge in [-0.15, -0.1) is 0 Å². The van der Waals surface area contributed by atoms with Gasteiger partial charge in [0.15, 0.2) is 0 Å². The van der Waals surface area contributed by atoms with E-state index in [-0.39, 0.29) is 34.0 Å². The van der Waals surface area contributed by atoms with Crippen LogP contribution >= 0.6 is 0 Å². The van der Waals surface area contributed by atoms with Gasteiger partial charge in [0.2, 0.25) is 5.75 Å². The summed E-state index contributed by atoms with van der Waals surface area (Å²) in [6.07, 6.45) is 25.6. The van der Waals surface area contributed by atoms with Gasteiger partial charge in [0.25, 0.3) is 5.91 Å². The third-order valence-corrected chi connectivity index (χ3v) is 10.3. The van der Waals surface area contributed by atoms with E-state index >= 15 is 0 Å². The third-order valence-electron chi connectivity index (χ3n) is 10.3. The molecule has 0 bridgehead atoms. The van der Waals surface area contributed by atoms with E-state index in [1.807, 2.05) is 0 Å². The fourth-order valence-electron chi connectivity index (χ4n) is 6.72. The number of nitrogens with one attached hydrogen (secondary N) is 1. The number of nitrogens with zero attached hydrogens (tertiary/aromatic N) is 1. The average molecular weight is 813 g/mol. The number of hydrogen-bond acceptors (Lipinski definition) is 9. The Labute approximate surface area is 349 Å². The second kappa shape index (κ2) is 31.9. The topological polar surface area (TPSA) is 135 Å². The van der Waals surface area contributed by atoms with Crippen LogP contribution in [0.4, 0.5) is 11.4 Å². The van der Waals surface area contributed by atoms with Crippen LogP contribution in [0.25, 0.3) is 0 Å². The number of rotatable bonds is 36. The van der Waals surface area contributed by atoms with E-state index in [0.29, 0.717) is 37.9 Å². The van der Waals surface area contributed by atoms with Gasteiger partial charge in [-0.1, -0.05) is 156 Å². The van der Waals surface area contributed by atoms with Crippen LogP contribution in [0, 0.1) is 10.1 Å². The molecule has 2 aromatic rings. The first-order valence-corrected chi connectivity index (χ1v) is 22.7. The summed E-state index contributed by atoms with van der Waals surface area (Å²) in [6, 6.07) is 5.82. The maximum absolute atomic E-state index is 14.2. The van der Waals surface area contributed by atoms with E-state index in [4.69, 9.17) is 23.7 Å². The lowest BCUT2D eigenvalue weighted by atomic mass is 10.1. The number of hydrogen-bond donors (Lipinski definition) is 1. The minimum atomic E-state index is -0.649. The molecule has 58 heavy (non-hydrogen) atoms. The van der Waals surface area contributed by atoms with Crippen molar-refractivity contribution in [3.05, 3.63) is 45.5 Å². The van der Waals surface area contributed by atoms with Crippen molar-refractivity contribution in [3.63, 3.8) is 0 Å². The number of unbranched alkanes of at least 4 members (excludes halogenated alkanes) is 20. The summed E-state index contributed by atoms with van der Waals surface area (Å²) in [7, 11) is 1.30. The molecule has 2 rings (SSSR count). The minimum Gasteiger partial charge on any atom is -0.493 e. The first kappa shape index (κ1) is 50.1. The Morgan fingerprint density at radius 1 is 0.500 bits per heavy atom. The van der Waals surface area contributed by atoms with Crippen LogP contribution in [-0.2, 0) is 4.74 Å². The van der Waals surface area contributed by atoms with Crippen LogP contribution in [0.2, 0.25) is 0 Å². The van der Waals surface area contributed by atoms with Crippen molar-refractivity contribution < 1.29 is 38.2 Å². The van der Waals surface area contributed by atoms with Crippen molar-refractivity contribution >= 4 is 23.3 Å². The Kier molecular flexibility index (Phi) is 27.6. The van der Waals surface area contributed by atoms with E-state index in [9.17, 15) is 19.7 Å². The largest absolute Gasteiger partial charge is 0.493 e. The van der Waals surface area contributed by atoms with Crippen LogP contribution in [0.5, 0.6) is 23.0 Å². The van der Waals surface area contributed by atoms with Crippen molar-refractivity contribution in [1.29, 1.82) is 0 Å². The summed E-state index contributed by atoms with van der Waals surface area (Å²) in [5, 5.41) is 15.3. The van der Waals surface area contributed by atoms with E-state index in [2.05, 4.69) is 33.0 Å². The second-order valence-electron chi connectivity index (χ2n) is 15.3. The zero-order chi connectivity index (χ0) is 42.2. The Morgan fingerprint density at radius 3 is 1.28 bits per heavy atom. The van der Waals surface area contributed by atoms with E-state index in [0.717, 1.165) is 109 Å². The van der Waals surface area contributed by atoms with Crippen molar-refractivity contribution in [1.82, 2.24) is 0 Å². The predicted molar refractivity (Wildman–Crippen MR) is 234 cm³/mol. The van der Waals surface area contributed by atoms with Crippen LogP contribution in [-0.4, -0.2) is 50.3 Å². The molecule has 0 heterocycles. The van der Waals surface area contributed by atoms with Crippen molar-refractivity contribution in [2.24, 2.45) is 0 Å². The molecule has 0 saturated heterocycles. The summed E-state index contributed by atoms with van der Waals surface area (Å²) in [5.41, 5.74) is 0.0154. The maximum atomic E-state index is 14.2. The number of amides is 1. The Balaban J connectivity index is 2.45. The highest BCUT2D eigenvalue weighted by atomic mass is 16.6. The minimum absolute atomic E-state index is 0.0190. The molecule has 0 fully saturated rings. The lowest BCUT2D eigenvalue weighted by Gasteiger charge is -2.19. The molecule has 0 atom stereocenters. The lowest BCUT2D eigenvalue weighted by molar-refractivity contribution is -0.385. The Hall–Kier alpha value is -4.02. The number of ether oxygens (including phenoxy) is 5. The molecule has 0 saturated carbocycles. The zero-order valence-corrected chi connectivity index (χ0v) is 36.7. The van der Waals surface area contributed by atoms with Gasteiger partial charge in [0.05, 0.1) is 49.7 Å². The Bertz CT molecular complexity index is 1450. The summed E-state index contributed by atoms with van der Waals surface area (Å²) in [5.74, 6) is -0.379. The molecule has 11 nitrogen and oxygen atoms in total. The van der Waals surface area contributed by atoms with Gasteiger partial charge >= 0.3 is 11.7 Å². The predicted octanol–water partition coefficient (Wildman–Crippen LogP) is 13.6. The summed E-state index contributed by atoms with van der Waals surface area (Å²) < 4.78 is 29.7. The molecule has 11 heteroatoms. The number of nitro groups is 1. The van der Waals surface area contributed by atoms with E-state index in [1.54, 1.807) is 6.07 Å². The number of carbonyl (C=O) groups excluding carboxylic acids is 2. The number of methoxy groups -OCH3 is 1. The summed E-state index contributed by atoms with van der Waals surface area (Å²) >= 11 is 0. The molecule has 0 aromatic heterocycles.